The normalized spacial score (nSPS) is 37.2. The SMILES string of the molecule is CC(C)(C)OC(=O)N1C(CO)CC2(C)CC12. The lowest BCUT2D eigenvalue weighted by Gasteiger charge is -2.29. The van der Waals surface area contributed by atoms with E-state index in [4.69, 9.17) is 4.74 Å². The number of ether oxygens (including phenoxy) is 1. The Kier molecular flexibility index (Phi) is 2.46. The van der Waals surface area contributed by atoms with Gasteiger partial charge in [0.15, 0.2) is 0 Å². The number of rotatable bonds is 1. The van der Waals surface area contributed by atoms with Crippen molar-refractivity contribution in [3.05, 3.63) is 0 Å². The maximum atomic E-state index is 12.0. The van der Waals surface area contributed by atoms with Gasteiger partial charge in [-0.1, -0.05) is 6.92 Å². The summed E-state index contributed by atoms with van der Waals surface area (Å²) in [5.74, 6) is 0. The standard InChI is InChI=1S/C12H21NO3/c1-11(2,3)16-10(15)13-8(7-14)5-12(4)6-9(12)13/h8-9,14H,5-7H2,1-4H3. The number of nitrogens with zero attached hydrogens (tertiary/aromatic N) is 1. The molecular formula is C12H21NO3. The number of aliphatic hydroxyl groups is 1. The molecule has 92 valence electrons. The first-order valence-electron chi connectivity index (χ1n) is 5.89. The zero-order valence-corrected chi connectivity index (χ0v) is 10.5. The van der Waals surface area contributed by atoms with Crippen LogP contribution in [0.15, 0.2) is 0 Å². The van der Waals surface area contributed by atoms with E-state index in [1.807, 2.05) is 20.8 Å². The van der Waals surface area contributed by atoms with E-state index >= 15 is 0 Å². The molecule has 0 bridgehead atoms. The van der Waals surface area contributed by atoms with Gasteiger partial charge in [-0.2, -0.15) is 0 Å². The van der Waals surface area contributed by atoms with Crippen molar-refractivity contribution in [1.82, 2.24) is 4.90 Å². The molecule has 0 radical (unpaired) electrons. The Morgan fingerprint density at radius 2 is 2.12 bits per heavy atom. The number of hydrogen-bond acceptors (Lipinski definition) is 3. The van der Waals surface area contributed by atoms with Gasteiger partial charge < -0.3 is 9.84 Å². The molecule has 2 rings (SSSR count). The molecule has 0 aromatic heterocycles. The maximum absolute atomic E-state index is 12.0. The van der Waals surface area contributed by atoms with E-state index in [-0.39, 0.29) is 30.2 Å². The fourth-order valence-electron chi connectivity index (χ4n) is 2.67. The van der Waals surface area contributed by atoms with E-state index in [1.165, 1.54) is 0 Å². The smallest absolute Gasteiger partial charge is 0.410 e. The Balaban J connectivity index is 2.06. The highest BCUT2D eigenvalue weighted by Gasteiger charge is 2.63. The Labute approximate surface area is 96.6 Å². The summed E-state index contributed by atoms with van der Waals surface area (Å²) in [6.07, 6.45) is 1.66. The number of piperidine rings is 1. The van der Waals surface area contributed by atoms with Crippen LogP contribution in [0, 0.1) is 5.41 Å². The van der Waals surface area contributed by atoms with E-state index in [1.54, 1.807) is 4.90 Å². The van der Waals surface area contributed by atoms with Crippen molar-refractivity contribution in [2.45, 2.75) is 58.2 Å². The van der Waals surface area contributed by atoms with Crippen molar-refractivity contribution in [2.24, 2.45) is 5.41 Å². The maximum Gasteiger partial charge on any atom is 0.410 e. The highest BCUT2D eigenvalue weighted by molar-refractivity contribution is 5.70. The quantitative estimate of drug-likeness (QED) is 0.742. The Bertz CT molecular complexity index is 310. The van der Waals surface area contributed by atoms with E-state index in [0.717, 1.165) is 12.8 Å². The van der Waals surface area contributed by atoms with Gasteiger partial charge in [0.1, 0.15) is 5.60 Å². The van der Waals surface area contributed by atoms with Crippen LogP contribution in [0.3, 0.4) is 0 Å². The third-order valence-corrected chi connectivity index (χ3v) is 3.55. The second-order valence-corrected chi connectivity index (χ2v) is 6.30. The third kappa shape index (κ3) is 1.90. The molecule has 2 fully saturated rings. The van der Waals surface area contributed by atoms with Gasteiger partial charge in [0, 0.05) is 6.04 Å². The van der Waals surface area contributed by atoms with Crippen LogP contribution in [-0.4, -0.2) is 40.4 Å². The van der Waals surface area contributed by atoms with E-state index in [9.17, 15) is 9.90 Å². The van der Waals surface area contributed by atoms with Crippen LogP contribution >= 0.6 is 0 Å². The lowest BCUT2D eigenvalue weighted by molar-refractivity contribution is 0.0126. The Hall–Kier alpha value is -0.770. The van der Waals surface area contributed by atoms with Crippen LogP contribution in [0.5, 0.6) is 0 Å². The Morgan fingerprint density at radius 3 is 2.62 bits per heavy atom. The van der Waals surface area contributed by atoms with Crippen molar-refractivity contribution >= 4 is 6.09 Å². The molecule has 2 aliphatic rings. The van der Waals surface area contributed by atoms with Gasteiger partial charge in [0.05, 0.1) is 12.6 Å². The van der Waals surface area contributed by atoms with Crippen LogP contribution < -0.4 is 0 Å². The van der Waals surface area contributed by atoms with Gasteiger partial charge in [-0.05, 0) is 39.0 Å². The van der Waals surface area contributed by atoms with Crippen molar-refractivity contribution < 1.29 is 14.6 Å². The molecule has 4 heteroatoms. The number of carbonyl (C=O) groups is 1. The lowest BCUT2D eigenvalue weighted by atomic mass is 10.0. The van der Waals surface area contributed by atoms with E-state index in [2.05, 4.69) is 6.92 Å². The third-order valence-electron chi connectivity index (χ3n) is 3.55. The Morgan fingerprint density at radius 1 is 1.50 bits per heavy atom. The largest absolute Gasteiger partial charge is 0.444 e. The second-order valence-electron chi connectivity index (χ2n) is 6.30. The van der Waals surface area contributed by atoms with Gasteiger partial charge in [-0.25, -0.2) is 4.79 Å². The first-order valence-corrected chi connectivity index (χ1v) is 5.89. The molecular weight excluding hydrogens is 206 g/mol. The predicted octanol–water partition coefficient (Wildman–Crippen LogP) is 1.77. The summed E-state index contributed by atoms with van der Waals surface area (Å²) in [7, 11) is 0. The van der Waals surface area contributed by atoms with Gasteiger partial charge in [-0.3, -0.25) is 4.90 Å². The highest BCUT2D eigenvalue weighted by Crippen LogP contribution is 2.59. The number of aliphatic hydroxyl groups excluding tert-OH is 1. The average Bonchev–Trinajstić information content (AvgIpc) is 2.65. The average molecular weight is 227 g/mol. The number of hydrogen-bond donors (Lipinski definition) is 1. The van der Waals surface area contributed by atoms with Crippen molar-refractivity contribution in [1.29, 1.82) is 0 Å². The molecule has 0 aromatic rings. The number of likely N-dealkylation sites (tertiary alicyclic amines) is 1. The number of amides is 1. The molecule has 1 saturated heterocycles. The topological polar surface area (TPSA) is 49.8 Å². The monoisotopic (exact) mass is 227 g/mol. The molecule has 0 spiro atoms. The zero-order valence-electron chi connectivity index (χ0n) is 10.5. The van der Waals surface area contributed by atoms with Gasteiger partial charge >= 0.3 is 6.09 Å². The summed E-state index contributed by atoms with van der Waals surface area (Å²) in [4.78, 5) is 13.7. The minimum Gasteiger partial charge on any atom is -0.444 e. The first-order chi connectivity index (χ1) is 7.27. The van der Waals surface area contributed by atoms with Crippen LogP contribution in [-0.2, 0) is 4.74 Å². The van der Waals surface area contributed by atoms with E-state index < -0.39 is 5.60 Å². The second kappa shape index (κ2) is 3.36. The molecule has 3 atom stereocenters. The highest BCUT2D eigenvalue weighted by atomic mass is 16.6. The molecule has 1 aliphatic heterocycles. The van der Waals surface area contributed by atoms with Crippen molar-refractivity contribution in [2.75, 3.05) is 6.61 Å². The summed E-state index contributed by atoms with van der Waals surface area (Å²) >= 11 is 0. The predicted molar refractivity (Wildman–Crippen MR) is 60.1 cm³/mol. The fourth-order valence-corrected chi connectivity index (χ4v) is 2.67. The molecule has 0 aromatic carbocycles. The molecule has 1 amide bonds. The molecule has 1 heterocycles. The summed E-state index contributed by atoms with van der Waals surface area (Å²) < 4.78 is 5.37. The van der Waals surface area contributed by atoms with Crippen LogP contribution in [0.25, 0.3) is 0 Å². The van der Waals surface area contributed by atoms with Crippen LogP contribution in [0.2, 0.25) is 0 Å². The fraction of sp³-hybridized carbons (Fsp3) is 0.917. The summed E-state index contributed by atoms with van der Waals surface area (Å²) in [5.41, 5.74) is -0.241. The minimum absolute atomic E-state index is 0.0331. The van der Waals surface area contributed by atoms with E-state index in [0.29, 0.717) is 0 Å². The summed E-state index contributed by atoms with van der Waals surface area (Å²) in [6.45, 7) is 7.79. The van der Waals surface area contributed by atoms with Crippen molar-refractivity contribution in [3.8, 4) is 0 Å². The van der Waals surface area contributed by atoms with Crippen LogP contribution in [0.1, 0.15) is 40.5 Å². The number of fused-ring (bicyclic) bond motifs is 1. The van der Waals surface area contributed by atoms with Crippen LogP contribution in [0.4, 0.5) is 4.79 Å². The molecule has 4 nitrogen and oxygen atoms in total. The molecule has 1 N–H and O–H groups in total. The first kappa shape index (κ1) is 11.7. The van der Waals surface area contributed by atoms with Crippen molar-refractivity contribution in [3.63, 3.8) is 0 Å². The van der Waals surface area contributed by atoms with Gasteiger partial charge in [-0.15, -0.1) is 0 Å². The van der Waals surface area contributed by atoms with Gasteiger partial charge in [0.2, 0.25) is 0 Å². The number of carbonyl (C=O) groups excluding carboxylic acids is 1. The minimum atomic E-state index is -0.467. The van der Waals surface area contributed by atoms with Gasteiger partial charge in [0.25, 0.3) is 0 Å². The zero-order chi connectivity index (χ0) is 12.1. The molecule has 1 aliphatic carbocycles. The summed E-state index contributed by atoms with van der Waals surface area (Å²) in [6, 6.07) is 0.220. The lowest BCUT2D eigenvalue weighted by Crippen LogP contribution is -2.43. The molecule has 3 unspecified atom stereocenters. The molecule has 16 heavy (non-hydrogen) atoms. The summed E-state index contributed by atoms with van der Waals surface area (Å²) in [5, 5.41) is 9.29. The molecule has 1 saturated carbocycles.